The fourth-order valence-corrected chi connectivity index (χ4v) is 3.14. The summed E-state index contributed by atoms with van der Waals surface area (Å²) >= 11 is 6.11. The van der Waals surface area contributed by atoms with E-state index in [4.69, 9.17) is 17.3 Å². The summed E-state index contributed by atoms with van der Waals surface area (Å²) in [6.07, 6.45) is 0. The number of nitrogens with zero attached hydrogens (tertiary/aromatic N) is 2. The van der Waals surface area contributed by atoms with Crippen molar-refractivity contribution in [1.29, 1.82) is 0 Å². The van der Waals surface area contributed by atoms with E-state index in [0.717, 1.165) is 22.2 Å². The molecule has 0 amide bonds. The lowest BCUT2D eigenvalue weighted by molar-refractivity contribution is 0.828. The van der Waals surface area contributed by atoms with E-state index in [2.05, 4.69) is 5.10 Å². The first kappa shape index (κ1) is 16.4. The molecule has 0 unspecified atom stereocenters. The summed E-state index contributed by atoms with van der Waals surface area (Å²) in [6, 6.07) is 20.5. The van der Waals surface area contributed by atoms with E-state index in [1.165, 1.54) is 4.68 Å². The van der Waals surface area contributed by atoms with Crippen molar-refractivity contribution in [3.05, 3.63) is 87.7 Å². The van der Waals surface area contributed by atoms with Gasteiger partial charge in [0.2, 0.25) is 0 Å². The summed E-state index contributed by atoms with van der Waals surface area (Å²) in [5, 5.41) is 6.52. The molecule has 0 saturated heterocycles. The van der Waals surface area contributed by atoms with E-state index < -0.39 is 0 Å². The summed E-state index contributed by atoms with van der Waals surface area (Å²) < 4.78 is 1.33. The largest absolute Gasteiger partial charge is 0.397 e. The maximum Gasteiger partial charge on any atom is 0.279 e. The molecule has 128 valence electrons. The molecule has 1 heterocycles. The zero-order valence-corrected chi connectivity index (χ0v) is 14.9. The van der Waals surface area contributed by atoms with E-state index in [1.807, 2.05) is 49.4 Å². The highest BCUT2D eigenvalue weighted by atomic mass is 35.5. The lowest BCUT2D eigenvalue weighted by Gasteiger charge is -2.13. The van der Waals surface area contributed by atoms with Crippen molar-refractivity contribution in [2.75, 3.05) is 5.73 Å². The number of nitrogen functional groups attached to an aromatic ring is 1. The molecule has 2 N–H and O–H groups in total. The molecule has 0 fully saturated rings. The SMILES string of the molecule is Cc1ccc(-c2nn(-c3cc(Cl)ccc3N)c(=O)c3ccccc23)cc1. The van der Waals surface area contributed by atoms with Crippen molar-refractivity contribution < 1.29 is 0 Å². The summed E-state index contributed by atoms with van der Waals surface area (Å²) in [4.78, 5) is 13.0. The van der Waals surface area contributed by atoms with Gasteiger partial charge in [0.15, 0.2) is 0 Å². The van der Waals surface area contributed by atoms with Gasteiger partial charge >= 0.3 is 0 Å². The van der Waals surface area contributed by atoms with Gasteiger partial charge in [0.25, 0.3) is 5.56 Å². The fourth-order valence-electron chi connectivity index (χ4n) is 2.98. The van der Waals surface area contributed by atoms with E-state index >= 15 is 0 Å². The third-order valence-electron chi connectivity index (χ3n) is 4.35. The molecule has 0 aliphatic heterocycles. The van der Waals surface area contributed by atoms with Crippen LogP contribution in [0, 0.1) is 6.92 Å². The molecule has 0 radical (unpaired) electrons. The van der Waals surface area contributed by atoms with Crippen LogP contribution in [-0.4, -0.2) is 9.78 Å². The van der Waals surface area contributed by atoms with E-state index in [-0.39, 0.29) is 5.56 Å². The van der Waals surface area contributed by atoms with Gasteiger partial charge in [-0.1, -0.05) is 59.6 Å². The van der Waals surface area contributed by atoms with Crippen LogP contribution < -0.4 is 11.3 Å². The normalized spacial score (nSPS) is 11.0. The van der Waals surface area contributed by atoms with Crippen molar-refractivity contribution in [3.63, 3.8) is 0 Å². The number of benzene rings is 3. The molecular formula is C21H16ClN3O. The quantitative estimate of drug-likeness (QED) is 0.531. The van der Waals surface area contributed by atoms with Crippen molar-refractivity contribution >= 4 is 28.1 Å². The molecule has 0 aliphatic rings. The highest BCUT2D eigenvalue weighted by Crippen LogP contribution is 2.27. The Morgan fingerprint density at radius 1 is 0.962 bits per heavy atom. The van der Waals surface area contributed by atoms with Crippen molar-refractivity contribution in [1.82, 2.24) is 9.78 Å². The minimum Gasteiger partial charge on any atom is -0.397 e. The lowest BCUT2D eigenvalue weighted by Crippen LogP contribution is -2.23. The predicted molar refractivity (Wildman–Crippen MR) is 107 cm³/mol. The summed E-state index contributed by atoms with van der Waals surface area (Å²) in [6.45, 7) is 2.03. The van der Waals surface area contributed by atoms with Crippen LogP contribution in [0.15, 0.2) is 71.5 Å². The molecule has 26 heavy (non-hydrogen) atoms. The topological polar surface area (TPSA) is 60.9 Å². The third kappa shape index (κ3) is 2.74. The van der Waals surface area contributed by atoms with E-state index in [0.29, 0.717) is 21.8 Å². The molecule has 4 rings (SSSR count). The highest BCUT2D eigenvalue weighted by molar-refractivity contribution is 6.30. The van der Waals surface area contributed by atoms with Crippen molar-refractivity contribution in [2.24, 2.45) is 0 Å². The zero-order chi connectivity index (χ0) is 18.3. The van der Waals surface area contributed by atoms with Crippen LogP contribution in [-0.2, 0) is 0 Å². The maximum absolute atomic E-state index is 13.0. The molecule has 0 bridgehead atoms. The summed E-state index contributed by atoms with van der Waals surface area (Å²) in [5.74, 6) is 0. The van der Waals surface area contributed by atoms with Crippen LogP contribution in [0.4, 0.5) is 5.69 Å². The van der Waals surface area contributed by atoms with Gasteiger partial charge < -0.3 is 5.73 Å². The zero-order valence-electron chi connectivity index (χ0n) is 14.1. The van der Waals surface area contributed by atoms with Crippen molar-refractivity contribution in [3.8, 4) is 16.9 Å². The highest BCUT2D eigenvalue weighted by Gasteiger charge is 2.15. The Balaban J connectivity index is 2.09. The number of nitrogens with two attached hydrogens (primary N) is 1. The molecule has 5 heteroatoms. The van der Waals surface area contributed by atoms with Crippen LogP contribution >= 0.6 is 11.6 Å². The average Bonchev–Trinajstić information content (AvgIpc) is 2.65. The van der Waals surface area contributed by atoms with Crippen LogP contribution in [0.3, 0.4) is 0 Å². The summed E-state index contributed by atoms with van der Waals surface area (Å²) in [7, 11) is 0. The summed E-state index contributed by atoms with van der Waals surface area (Å²) in [5.41, 5.74) is 9.58. The first-order valence-electron chi connectivity index (χ1n) is 8.19. The Kier molecular flexibility index (Phi) is 3.98. The van der Waals surface area contributed by atoms with E-state index in [1.54, 1.807) is 24.3 Å². The average molecular weight is 362 g/mol. The second-order valence-electron chi connectivity index (χ2n) is 6.18. The molecule has 3 aromatic carbocycles. The molecule has 0 atom stereocenters. The molecule has 4 nitrogen and oxygen atoms in total. The molecule has 0 aliphatic carbocycles. The second kappa shape index (κ2) is 6.32. The Bertz CT molecular complexity index is 1180. The number of rotatable bonds is 2. The van der Waals surface area contributed by atoms with Gasteiger partial charge in [-0.25, -0.2) is 0 Å². The van der Waals surface area contributed by atoms with Gasteiger partial charge in [-0.05, 0) is 31.2 Å². The lowest BCUT2D eigenvalue weighted by atomic mass is 10.0. The van der Waals surface area contributed by atoms with Gasteiger partial charge in [-0.2, -0.15) is 9.78 Å². The minimum absolute atomic E-state index is 0.231. The van der Waals surface area contributed by atoms with Gasteiger partial charge in [0, 0.05) is 16.0 Å². The fraction of sp³-hybridized carbons (Fsp3) is 0.0476. The molecular weight excluding hydrogens is 346 g/mol. The Hall–Kier alpha value is -3.11. The van der Waals surface area contributed by atoms with Crippen LogP contribution in [0.25, 0.3) is 27.7 Å². The monoisotopic (exact) mass is 361 g/mol. The Labute approximate surface area is 155 Å². The molecule has 4 aromatic rings. The Morgan fingerprint density at radius 3 is 2.38 bits per heavy atom. The number of aryl methyl sites for hydroxylation is 1. The van der Waals surface area contributed by atoms with Gasteiger partial charge in [0.1, 0.15) is 0 Å². The third-order valence-corrected chi connectivity index (χ3v) is 4.59. The van der Waals surface area contributed by atoms with Crippen LogP contribution in [0.5, 0.6) is 0 Å². The van der Waals surface area contributed by atoms with Gasteiger partial charge in [-0.3, -0.25) is 4.79 Å². The first-order valence-corrected chi connectivity index (χ1v) is 8.57. The molecule has 0 saturated carbocycles. The number of hydrogen-bond donors (Lipinski definition) is 1. The number of anilines is 1. The number of hydrogen-bond acceptors (Lipinski definition) is 3. The minimum atomic E-state index is -0.231. The predicted octanol–water partition coefficient (Wildman–Crippen LogP) is 4.60. The van der Waals surface area contributed by atoms with Gasteiger partial charge in [-0.15, -0.1) is 0 Å². The van der Waals surface area contributed by atoms with E-state index in [9.17, 15) is 4.79 Å². The number of halogens is 1. The molecule has 1 aromatic heterocycles. The van der Waals surface area contributed by atoms with Crippen LogP contribution in [0.1, 0.15) is 5.56 Å². The van der Waals surface area contributed by atoms with Gasteiger partial charge in [0.05, 0.1) is 22.5 Å². The number of fused-ring (bicyclic) bond motifs is 1. The maximum atomic E-state index is 13.0. The number of aromatic nitrogens is 2. The van der Waals surface area contributed by atoms with Crippen LogP contribution in [0.2, 0.25) is 5.02 Å². The smallest absolute Gasteiger partial charge is 0.279 e. The molecule has 0 spiro atoms. The first-order chi connectivity index (χ1) is 12.5. The Morgan fingerprint density at radius 2 is 1.65 bits per heavy atom. The second-order valence-corrected chi connectivity index (χ2v) is 6.62. The standard InChI is InChI=1S/C21H16ClN3O/c1-13-6-8-14(9-7-13)20-16-4-2-3-5-17(16)21(26)25(24-20)19-12-15(22)10-11-18(19)23/h2-12H,23H2,1H3. The van der Waals surface area contributed by atoms with Crippen molar-refractivity contribution in [2.45, 2.75) is 6.92 Å².